The second kappa shape index (κ2) is 52.3. The Morgan fingerprint density at radius 2 is 0.571 bits per heavy atom. The van der Waals surface area contributed by atoms with Gasteiger partial charge in [0.15, 0.2) is 6.10 Å². The van der Waals surface area contributed by atoms with Gasteiger partial charge in [-0.1, -0.05) is 231 Å². The molecule has 1 unspecified atom stereocenters. The van der Waals surface area contributed by atoms with Crippen molar-refractivity contribution in [3.8, 4) is 0 Å². The molecule has 0 heterocycles. The minimum Gasteiger partial charge on any atom is -0.462 e. The summed E-state index contributed by atoms with van der Waals surface area (Å²) in [5.41, 5.74) is 0. The number of hydrogen-bond donors (Lipinski definition) is 0. The van der Waals surface area contributed by atoms with E-state index < -0.39 is 6.10 Å². The van der Waals surface area contributed by atoms with Crippen molar-refractivity contribution >= 4 is 17.9 Å². The fourth-order valence-electron chi connectivity index (χ4n) is 7.94. The Morgan fingerprint density at radius 1 is 0.317 bits per heavy atom. The van der Waals surface area contributed by atoms with Crippen LogP contribution in [0.2, 0.25) is 0 Å². The minimum atomic E-state index is -0.776. The number of carbonyl (C=O) groups excluding carboxylic acids is 3. The molecule has 0 radical (unpaired) electrons. The second-order valence-corrected chi connectivity index (χ2v) is 18.5. The lowest BCUT2D eigenvalue weighted by atomic mass is 10.1. The molecule has 0 aliphatic rings. The molecule has 0 saturated heterocycles. The Balaban J connectivity index is 4.24. The lowest BCUT2D eigenvalue weighted by Crippen LogP contribution is -2.30. The first-order valence-electron chi connectivity index (χ1n) is 27.5. The van der Waals surface area contributed by atoms with E-state index in [2.05, 4.69) is 57.2 Å². The van der Waals surface area contributed by atoms with Crippen LogP contribution in [0.5, 0.6) is 0 Å². The van der Waals surface area contributed by atoms with Gasteiger partial charge in [0, 0.05) is 19.3 Å². The minimum absolute atomic E-state index is 0.0762. The van der Waals surface area contributed by atoms with Gasteiger partial charge in [-0.2, -0.15) is 0 Å². The van der Waals surface area contributed by atoms with Gasteiger partial charge in [0.25, 0.3) is 0 Å². The molecule has 0 rings (SSSR count). The predicted octanol–water partition coefficient (Wildman–Crippen LogP) is 18.1. The summed E-state index contributed by atoms with van der Waals surface area (Å²) in [6.07, 6.45) is 61.4. The normalized spacial score (nSPS) is 12.2. The van der Waals surface area contributed by atoms with E-state index in [1.165, 1.54) is 167 Å². The molecule has 0 saturated carbocycles. The number of esters is 3. The fraction of sp³-hybridized carbons (Fsp3) is 0.842. The molecule has 63 heavy (non-hydrogen) atoms. The molecule has 0 aromatic heterocycles. The van der Waals surface area contributed by atoms with Gasteiger partial charge in [0.1, 0.15) is 13.2 Å². The van der Waals surface area contributed by atoms with Crippen LogP contribution < -0.4 is 0 Å². The quantitative estimate of drug-likeness (QED) is 0.0262. The number of allylic oxidation sites excluding steroid dienone is 6. The Bertz CT molecular complexity index is 1060. The highest BCUT2D eigenvalue weighted by Crippen LogP contribution is 2.15. The summed E-state index contributed by atoms with van der Waals surface area (Å²) in [4.78, 5) is 37.9. The van der Waals surface area contributed by atoms with E-state index in [4.69, 9.17) is 14.2 Å². The van der Waals surface area contributed by atoms with Gasteiger partial charge in [-0.15, -0.1) is 0 Å². The van der Waals surface area contributed by atoms with E-state index in [0.29, 0.717) is 19.3 Å². The number of rotatable bonds is 50. The summed E-state index contributed by atoms with van der Waals surface area (Å²) in [5, 5.41) is 0. The van der Waals surface area contributed by atoms with Crippen LogP contribution in [-0.4, -0.2) is 37.2 Å². The second-order valence-electron chi connectivity index (χ2n) is 18.5. The third-order valence-electron chi connectivity index (χ3n) is 12.1. The lowest BCUT2D eigenvalue weighted by molar-refractivity contribution is -0.167. The molecule has 0 N–H and O–H groups in total. The van der Waals surface area contributed by atoms with Crippen molar-refractivity contribution in [1.82, 2.24) is 0 Å². The van der Waals surface area contributed by atoms with Crippen LogP contribution in [0.4, 0.5) is 0 Å². The molecule has 0 aromatic carbocycles. The average molecular weight is 885 g/mol. The van der Waals surface area contributed by atoms with Gasteiger partial charge in [-0.05, 0) is 77.0 Å². The zero-order valence-electron chi connectivity index (χ0n) is 42.1. The molecule has 0 aliphatic carbocycles. The molecular weight excluding hydrogens is 781 g/mol. The van der Waals surface area contributed by atoms with Crippen LogP contribution in [0.25, 0.3) is 0 Å². The summed E-state index contributed by atoms with van der Waals surface area (Å²) >= 11 is 0. The maximum atomic E-state index is 12.8. The Hall–Kier alpha value is -2.37. The monoisotopic (exact) mass is 885 g/mol. The first kappa shape index (κ1) is 60.6. The van der Waals surface area contributed by atoms with E-state index in [9.17, 15) is 14.4 Å². The Labute approximate surface area is 391 Å². The molecule has 368 valence electrons. The van der Waals surface area contributed by atoms with Crippen LogP contribution in [-0.2, 0) is 28.6 Å². The topological polar surface area (TPSA) is 78.9 Å². The third kappa shape index (κ3) is 50.5. The van der Waals surface area contributed by atoms with Gasteiger partial charge in [0.05, 0.1) is 0 Å². The number of unbranched alkanes of at least 4 members (excludes halogenated alkanes) is 33. The Morgan fingerprint density at radius 3 is 0.905 bits per heavy atom. The molecule has 0 spiro atoms. The summed E-state index contributed by atoms with van der Waals surface area (Å²) in [6, 6.07) is 0. The van der Waals surface area contributed by atoms with Crippen molar-refractivity contribution < 1.29 is 28.6 Å². The molecule has 0 aliphatic heterocycles. The summed E-state index contributed by atoms with van der Waals surface area (Å²) in [7, 11) is 0. The van der Waals surface area contributed by atoms with Crippen molar-refractivity contribution in [2.75, 3.05) is 13.2 Å². The lowest BCUT2D eigenvalue weighted by Gasteiger charge is -2.18. The molecular formula is C57H104O6. The summed E-state index contributed by atoms with van der Waals surface area (Å²) in [6.45, 7) is 6.60. The van der Waals surface area contributed by atoms with Crippen LogP contribution in [0, 0.1) is 0 Å². The van der Waals surface area contributed by atoms with E-state index in [1.807, 2.05) is 0 Å². The van der Waals surface area contributed by atoms with E-state index in [-0.39, 0.29) is 31.1 Å². The van der Waals surface area contributed by atoms with E-state index in [1.54, 1.807) is 0 Å². The predicted molar refractivity (Wildman–Crippen MR) is 270 cm³/mol. The van der Waals surface area contributed by atoms with Crippen molar-refractivity contribution in [3.63, 3.8) is 0 Å². The van der Waals surface area contributed by atoms with Crippen molar-refractivity contribution in [3.05, 3.63) is 36.5 Å². The molecule has 0 aromatic rings. The van der Waals surface area contributed by atoms with Gasteiger partial charge >= 0.3 is 17.9 Å². The summed E-state index contributed by atoms with van der Waals surface area (Å²) in [5.74, 6) is -0.885. The smallest absolute Gasteiger partial charge is 0.306 e. The highest BCUT2D eigenvalue weighted by molar-refractivity contribution is 5.71. The van der Waals surface area contributed by atoms with Crippen LogP contribution in [0.15, 0.2) is 36.5 Å². The SMILES string of the molecule is CCCCCC/C=C\C/C=C\CCCCCCCC(=O)OC(COC(=O)CCCCCCCCCC)COC(=O)CCCCCCCCCCC/C=C\CCCCCCCCCC. The van der Waals surface area contributed by atoms with Crippen molar-refractivity contribution in [1.29, 1.82) is 0 Å². The fourth-order valence-corrected chi connectivity index (χ4v) is 7.94. The van der Waals surface area contributed by atoms with Gasteiger partial charge in [0.2, 0.25) is 0 Å². The van der Waals surface area contributed by atoms with Gasteiger partial charge in [-0.25, -0.2) is 0 Å². The van der Waals surface area contributed by atoms with Crippen LogP contribution in [0.1, 0.15) is 290 Å². The van der Waals surface area contributed by atoms with Gasteiger partial charge < -0.3 is 14.2 Å². The summed E-state index contributed by atoms with van der Waals surface area (Å²) < 4.78 is 16.8. The molecule has 0 amide bonds. The van der Waals surface area contributed by atoms with Crippen LogP contribution >= 0.6 is 0 Å². The zero-order valence-corrected chi connectivity index (χ0v) is 42.1. The molecule has 6 nitrogen and oxygen atoms in total. The number of carbonyl (C=O) groups is 3. The maximum Gasteiger partial charge on any atom is 0.306 e. The van der Waals surface area contributed by atoms with Crippen molar-refractivity contribution in [2.45, 2.75) is 297 Å². The maximum absolute atomic E-state index is 12.8. The number of hydrogen-bond acceptors (Lipinski definition) is 6. The Kier molecular flexibility index (Phi) is 50.3. The first-order chi connectivity index (χ1) is 31.0. The highest BCUT2D eigenvalue weighted by atomic mass is 16.6. The zero-order chi connectivity index (χ0) is 45.8. The van der Waals surface area contributed by atoms with Crippen molar-refractivity contribution in [2.24, 2.45) is 0 Å². The molecule has 0 bridgehead atoms. The first-order valence-corrected chi connectivity index (χ1v) is 27.5. The standard InChI is InChI=1S/C57H104O6/c1-4-7-10-13-16-19-21-23-25-27-28-29-30-31-33-34-36-38-41-44-47-50-56(59)62-53-54(52-61-55(58)49-46-43-40-18-15-12-9-6-3)63-57(60)51-48-45-42-39-37-35-32-26-24-22-20-17-14-11-8-5-2/h20,22,26-28,32,54H,4-19,21,23-25,29-31,33-53H2,1-3H3/b22-20-,28-27-,32-26-. The largest absolute Gasteiger partial charge is 0.462 e. The average Bonchev–Trinajstić information content (AvgIpc) is 3.28. The van der Waals surface area contributed by atoms with E-state index in [0.717, 1.165) is 83.5 Å². The molecule has 0 fully saturated rings. The highest BCUT2D eigenvalue weighted by Gasteiger charge is 2.19. The van der Waals surface area contributed by atoms with E-state index >= 15 is 0 Å². The van der Waals surface area contributed by atoms with Crippen LogP contribution in [0.3, 0.4) is 0 Å². The molecule has 1 atom stereocenters. The third-order valence-corrected chi connectivity index (χ3v) is 12.1. The number of ether oxygens (including phenoxy) is 3. The van der Waals surface area contributed by atoms with Gasteiger partial charge in [-0.3, -0.25) is 14.4 Å². The molecule has 6 heteroatoms.